The monoisotopic (exact) mass is 232 g/mol. The molecule has 0 rings (SSSR count). The van der Waals surface area contributed by atoms with Gasteiger partial charge in [-0.1, -0.05) is 12.2 Å². The highest BCUT2D eigenvalue weighted by Crippen LogP contribution is 1.64. The van der Waals surface area contributed by atoms with Crippen LogP contribution >= 0.6 is 0 Å². The van der Waals surface area contributed by atoms with Gasteiger partial charge in [0.1, 0.15) is 0 Å². The standard InChI is InChI=1S/C4H10O.C3H6O2.2C3H6/c1-3-5-4-2;1-3(4)5-2;2*1-3-2/h3-4H2,1-2H3;1-2H3;2*3H,1H2,2H3. The highest BCUT2D eigenvalue weighted by molar-refractivity contribution is 5.65. The molecule has 3 heteroatoms. The minimum Gasteiger partial charge on any atom is -0.469 e. The largest absolute Gasteiger partial charge is 0.469 e. The van der Waals surface area contributed by atoms with Crippen molar-refractivity contribution in [3.63, 3.8) is 0 Å². The van der Waals surface area contributed by atoms with Crippen LogP contribution in [0.2, 0.25) is 0 Å². The highest BCUT2D eigenvalue weighted by atomic mass is 16.5. The lowest BCUT2D eigenvalue weighted by atomic mass is 10.8. The van der Waals surface area contributed by atoms with E-state index in [0.717, 1.165) is 13.2 Å². The van der Waals surface area contributed by atoms with E-state index >= 15 is 0 Å². The molecule has 0 aliphatic rings. The summed E-state index contributed by atoms with van der Waals surface area (Å²) < 4.78 is 8.94. The van der Waals surface area contributed by atoms with Crippen LogP contribution in [-0.2, 0) is 14.3 Å². The number of allylic oxidation sites excluding steroid dienone is 2. The van der Waals surface area contributed by atoms with Gasteiger partial charge in [0.05, 0.1) is 7.11 Å². The molecule has 0 aromatic rings. The number of rotatable bonds is 2. The predicted octanol–water partition coefficient (Wildman–Crippen LogP) is 3.61. The number of esters is 1. The number of ether oxygens (including phenoxy) is 2. The number of carbonyl (C=O) groups is 1. The molecule has 3 nitrogen and oxygen atoms in total. The summed E-state index contributed by atoms with van der Waals surface area (Å²) in [6, 6.07) is 0. The Balaban J connectivity index is -0.0000000621. The average Bonchev–Trinajstić information content (AvgIpc) is 2.22. The van der Waals surface area contributed by atoms with E-state index in [2.05, 4.69) is 17.9 Å². The molecule has 0 spiro atoms. The maximum Gasteiger partial charge on any atom is 0.302 e. The van der Waals surface area contributed by atoms with Gasteiger partial charge in [-0.2, -0.15) is 0 Å². The van der Waals surface area contributed by atoms with Crippen LogP contribution in [0.5, 0.6) is 0 Å². The summed E-state index contributed by atoms with van der Waals surface area (Å²) in [4.78, 5) is 9.59. The first-order valence-corrected chi connectivity index (χ1v) is 5.28. The van der Waals surface area contributed by atoms with Crippen molar-refractivity contribution in [1.29, 1.82) is 0 Å². The van der Waals surface area contributed by atoms with Gasteiger partial charge in [-0.3, -0.25) is 4.79 Å². The van der Waals surface area contributed by atoms with Crippen molar-refractivity contribution in [2.75, 3.05) is 20.3 Å². The SMILES string of the molecule is C=CC.C=CC.CCOCC.COC(C)=O. The average molecular weight is 232 g/mol. The van der Waals surface area contributed by atoms with Crippen LogP contribution in [0, 0.1) is 0 Å². The van der Waals surface area contributed by atoms with Crippen LogP contribution in [0.15, 0.2) is 25.3 Å². The first-order valence-electron chi connectivity index (χ1n) is 5.28. The molecule has 0 aliphatic heterocycles. The van der Waals surface area contributed by atoms with E-state index in [4.69, 9.17) is 4.74 Å². The summed E-state index contributed by atoms with van der Waals surface area (Å²) in [6.07, 6.45) is 3.50. The molecule has 98 valence electrons. The van der Waals surface area contributed by atoms with Gasteiger partial charge in [-0.25, -0.2) is 0 Å². The molecule has 0 unspecified atom stereocenters. The normalized spacial score (nSPS) is 6.38. The van der Waals surface area contributed by atoms with Gasteiger partial charge >= 0.3 is 5.97 Å². The zero-order valence-corrected chi connectivity index (χ0v) is 11.7. The fourth-order valence-electron chi connectivity index (χ4n) is 0.204. The molecule has 0 bridgehead atoms. The lowest BCUT2D eigenvalue weighted by molar-refractivity contribution is -0.137. The second-order valence-corrected chi connectivity index (χ2v) is 2.29. The summed E-state index contributed by atoms with van der Waals surface area (Å²) >= 11 is 0. The molecular weight excluding hydrogens is 204 g/mol. The zero-order chi connectivity index (χ0) is 13.8. The van der Waals surface area contributed by atoms with Crippen LogP contribution in [0.1, 0.15) is 34.6 Å². The van der Waals surface area contributed by atoms with Gasteiger partial charge in [-0.15, -0.1) is 13.2 Å². The summed E-state index contributed by atoms with van der Waals surface area (Å²) in [6.45, 7) is 17.5. The lowest BCUT2D eigenvalue weighted by Crippen LogP contribution is -1.88. The second-order valence-electron chi connectivity index (χ2n) is 2.29. The van der Waals surface area contributed by atoms with E-state index in [-0.39, 0.29) is 5.97 Å². The van der Waals surface area contributed by atoms with E-state index in [1.54, 1.807) is 12.2 Å². The van der Waals surface area contributed by atoms with Gasteiger partial charge in [0.25, 0.3) is 0 Å². The molecule has 0 heterocycles. The van der Waals surface area contributed by atoms with E-state index in [0.29, 0.717) is 0 Å². The second kappa shape index (κ2) is 37.1. The summed E-state index contributed by atoms with van der Waals surface area (Å²) in [7, 11) is 1.35. The molecule has 0 aliphatic carbocycles. The van der Waals surface area contributed by atoms with Crippen molar-refractivity contribution >= 4 is 5.97 Å². The molecule has 0 aromatic carbocycles. The quantitative estimate of drug-likeness (QED) is 0.539. The van der Waals surface area contributed by atoms with E-state index in [1.807, 2.05) is 27.7 Å². The predicted molar refractivity (Wildman–Crippen MR) is 71.6 cm³/mol. The molecule has 0 saturated carbocycles. The van der Waals surface area contributed by atoms with Crippen LogP contribution in [0.25, 0.3) is 0 Å². The van der Waals surface area contributed by atoms with Crippen LogP contribution in [0.4, 0.5) is 0 Å². The Hall–Kier alpha value is -1.09. The van der Waals surface area contributed by atoms with Gasteiger partial charge in [0.2, 0.25) is 0 Å². The topological polar surface area (TPSA) is 35.5 Å². The minimum absolute atomic E-state index is 0.245. The Morgan fingerprint density at radius 1 is 1.12 bits per heavy atom. The molecule has 16 heavy (non-hydrogen) atoms. The maximum atomic E-state index is 9.59. The first-order chi connectivity index (χ1) is 7.51. The fourth-order valence-corrected chi connectivity index (χ4v) is 0.204. The van der Waals surface area contributed by atoms with Crippen molar-refractivity contribution in [3.8, 4) is 0 Å². The van der Waals surface area contributed by atoms with Gasteiger partial charge in [-0.05, 0) is 27.7 Å². The molecule has 0 fully saturated rings. The molecule has 0 saturated heterocycles. The van der Waals surface area contributed by atoms with Gasteiger partial charge in [0.15, 0.2) is 0 Å². The Morgan fingerprint density at radius 3 is 1.31 bits per heavy atom. The van der Waals surface area contributed by atoms with Crippen LogP contribution < -0.4 is 0 Å². The zero-order valence-electron chi connectivity index (χ0n) is 11.7. The summed E-state index contributed by atoms with van der Waals surface area (Å²) in [5.41, 5.74) is 0. The Bertz CT molecular complexity index is 123. The highest BCUT2D eigenvalue weighted by Gasteiger charge is 1.75. The molecule has 0 radical (unpaired) electrons. The third-order valence-electron chi connectivity index (χ3n) is 0.696. The fraction of sp³-hybridized carbons (Fsp3) is 0.615. The van der Waals surface area contributed by atoms with Crippen molar-refractivity contribution in [2.24, 2.45) is 0 Å². The molecule has 0 N–H and O–H groups in total. The van der Waals surface area contributed by atoms with E-state index in [9.17, 15) is 4.79 Å². The number of hydrogen-bond acceptors (Lipinski definition) is 3. The maximum absolute atomic E-state index is 9.59. The third kappa shape index (κ3) is 216. The summed E-state index contributed by atoms with van der Waals surface area (Å²) in [5, 5.41) is 0. The first kappa shape index (κ1) is 24.2. The molecule has 0 atom stereocenters. The van der Waals surface area contributed by atoms with E-state index in [1.165, 1.54) is 14.0 Å². The summed E-state index contributed by atoms with van der Waals surface area (Å²) in [5.74, 6) is -0.245. The molecular formula is C13H28O3. The Labute approximate surface area is 101 Å². The van der Waals surface area contributed by atoms with Crippen molar-refractivity contribution in [2.45, 2.75) is 34.6 Å². The van der Waals surface area contributed by atoms with Crippen LogP contribution in [0.3, 0.4) is 0 Å². The smallest absolute Gasteiger partial charge is 0.302 e. The molecule has 0 amide bonds. The van der Waals surface area contributed by atoms with Crippen molar-refractivity contribution < 1.29 is 14.3 Å². The third-order valence-corrected chi connectivity index (χ3v) is 0.696. The minimum atomic E-state index is -0.245. The Kier molecular flexibility index (Phi) is 56.1. The van der Waals surface area contributed by atoms with Crippen molar-refractivity contribution in [1.82, 2.24) is 0 Å². The van der Waals surface area contributed by atoms with Gasteiger partial charge < -0.3 is 9.47 Å². The van der Waals surface area contributed by atoms with Gasteiger partial charge in [0, 0.05) is 20.1 Å². The lowest BCUT2D eigenvalue weighted by Gasteiger charge is -1.86. The number of methoxy groups -OCH3 is 1. The number of hydrogen-bond donors (Lipinski definition) is 0. The Morgan fingerprint density at radius 2 is 1.31 bits per heavy atom. The van der Waals surface area contributed by atoms with Crippen molar-refractivity contribution in [3.05, 3.63) is 25.3 Å². The number of carbonyl (C=O) groups excluding carboxylic acids is 1. The van der Waals surface area contributed by atoms with E-state index < -0.39 is 0 Å². The molecule has 0 aromatic heterocycles. The van der Waals surface area contributed by atoms with Crippen LogP contribution in [-0.4, -0.2) is 26.3 Å².